The van der Waals surface area contributed by atoms with E-state index in [2.05, 4.69) is 61.6 Å². The normalized spacial score (nSPS) is 12.9. The Bertz CT molecular complexity index is 634. The summed E-state index contributed by atoms with van der Waals surface area (Å²) in [7, 11) is 0. The number of halogens is 1. The van der Waals surface area contributed by atoms with Crippen molar-refractivity contribution < 1.29 is 0 Å². The Morgan fingerprint density at radius 1 is 0.960 bits per heavy atom. The molecule has 2 rings (SSSR count). The van der Waals surface area contributed by atoms with Gasteiger partial charge in [0.25, 0.3) is 0 Å². The lowest BCUT2D eigenvalue weighted by molar-refractivity contribution is 0.356. The van der Waals surface area contributed by atoms with Gasteiger partial charge in [-0.1, -0.05) is 74.5 Å². The van der Waals surface area contributed by atoms with Crippen LogP contribution in [0.1, 0.15) is 37.8 Å². The van der Waals surface area contributed by atoms with Crippen molar-refractivity contribution in [1.82, 2.24) is 5.32 Å². The molecule has 2 nitrogen and oxygen atoms in total. The minimum atomic E-state index is -0.387. The zero-order chi connectivity index (χ0) is 17.3. The summed E-state index contributed by atoms with van der Waals surface area (Å²) in [5.41, 5.74) is 2.12. The summed E-state index contributed by atoms with van der Waals surface area (Å²) in [5, 5.41) is 13.4. The van der Waals surface area contributed by atoms with Gasteiger partial charge in [0.1, 0.15) is 0 Å². The van der Waals surface area contributed by atoms with Gasteiger partial charge in [-0.05, 0) is 49.4 Å². The van der Waals surface area contributed by atoms with Gasteiger partial charge in [-0.3, -0.25) is 0 Å². The fraction of sp³-hybridized carbons (Fsp3) is 0.409. The third kappa shape index (κ3) is 5.88. The van der Waals surface area contributed by atoms with E-state index in [-0.39, 0.29) is 17.8 Å². The third-order valence-corrected chi connectivity index (χ3v) is 4.83. The zero-order valence-electron chi connectivity index (χ0n) is 15.2. The van der Waals surface area contributed by atoms with E-state index in [1.54, 1.807) is 0 Å². The topological polar surface area (TPSA) is 35.8 Å². The minimum absolute atomic E-state index is 0. The molecule has 1 N–H and O–H groups in total. The molecule has 0 fully saturated rings. The van der Waals surface area contributed by atoms with Crippen LogP contribution in [0, 0.1) is 17.2 Å². The van der Waals surface area contributed by atoms with E-state index in [1.165, 1.54) is 5.56 Å². The molecule has 1 unspecified atom stereocenters. The van der Waals surface area contributed by atoms with Crippen molar-refractivity contribution in [2.45, 2.75) is 38.5 Å². The van der Waals surface area contributed by atoms with E-state index in [4.69, 9.17) is 0 Å². The molecule has 0 spiro atoms. The number of hydrogen-bond acceptors (Lipinski definition) is 2. The molecule has 1 atom stereocenters. The largest absolute Gasteiger partial charge is 0.316 e. The van der Waals surface area contributed by atoms with E-state index in [0.717, 1.165) is 37.9 Å². The Balaban J connectivity index is 0.00000312. The van der Waals surface area contributed by atoms with Crippen molar-refractivity contribution >= 4 is 12.4 Å². The summed E-state index contributed by atoms with van der Waals surface area (Å²) in [4.78, 5) is 0. The molecule has 134 valence electrons. The highest BCUT2D eigenvalue weighted by Gasteiger charge is 2.35. The summed E-state index contributed by atoms with van der Waals surface area (Å²) in [6.07, 6.45) is 2.95. The quantitative estimate of drug-likeness (QED) is 0.631. The molecule has 25 heavy (non-hydrogen) atoms. The molecule has 0 aliphatic rings. The van der Waals surface area contributed by atoms with Gasteiger partial charge in [-0.15, -0.1) is 12.4 Å². The molecule has 2 aromatic carbocycles. The maximum Gasteiger partial charge on any atom is 0.0845 e. The van der Waals surface area contributed by atoms with Crippen LogP contribution < -0.4 is 5.32 Å². The molecule has 0 heterocycles. The number of nitriles is 1. The first-order chi connectivity index (χ1) is 11.7. The van der Waals surface area contributed by atoms with Gasteiger partial charge in [0.2, 0.25) is 0 Å². The molecule has 0 amide bonds. The summed E-state index contributed by atoms with van der Waals surface area (Å²) >= 11 is 0. The van der Waals surface area contributed by atoms with Gasteiger partial charge in [-0.25, -0.2) is 0 Å². The van der Waals surface area contributed by atoms with E-state index in [9.17, 15) is 5.26 Å². The van der Waals surface area contributed by atoms with Crippen LogP contribution in [0.15, 0.2) is 60.7 Å². The number of benzene rings is 2. The van der Waals surface area contributed by atoms with Crippen LogP contribution in [0.2, 0.25) is 0 Å². The lowest BCUT2D eigenvalue weighted by Crippen LogP contribution is -2.32. The Morgan fingerprint density at radius 3 is 2.12 bits per heavy atom. The van der Waals surface area contributed by atoms with Crippen molar-refractivity contribution in [3.8, 4) is 6.07 Å². The maximum atomic E-state index is 9.88. The number of nitrogens with one attached hydrogen (secondary N) is 1. The standard InChI is InChI=1S/C22H28N2.ClH/c1-19(2)22(18-23,21-12-7-4-8-13-21)15-9-16-24-17-14-20-10-5-3-6-11-20;/h3-8,10-13,19,24H,9,14-17H2,1-2H3;1H. The highest BCUT2D eigenvalue weighted by atomic mass is 35.5. The molecule has 0 aromatic heterocycles. The third-order valence-electron chi connectivity index (χ3n) is 4.83. The van der Waals surface area contributed by atoms with Crippen molar-refractivity contribution in [2.75, 3.05) is 13.1 Å². The SMILES string of the molecule is CC(C)C(C#N)(CCCNCCc1ccccc1)c1ccccc1.Cl. The highest BCUT2D eigenvalue weighted by Crippen LogP contribution is 2.36. The predicted octanol–water partition coefficient (Wildman–Crippen LogP) is 5.14. The number of nitrogens with zero attached hydrogens (tertiary/aromatic N) is 1. The fourth-order valence-corrected chi connectivity index (χ4v) is 3.25. The smallest absolute Gasteiger partial charge is 0.0845 e. The average molecular weight is 357 g/mol. The molecular formula is C22H29ClN2. The van der Waals surface area contributed by atoms with Gasteiger partial charge in [0.05, 0.1) is 11.5 Å². The lowest BCUT2D eigenvalue weighted by atomic mass is 9.70. The van der Waals surface area contributed by atoms with Gasteiger partial charge in [-0.2, -0.15) is 5.26 Å². The van der Waals surface area contributed by atoms with Crippen LogP contribution in [-0.4, -0.2) is 13.1 Å². The van der Waals surface area contributed by atoms with Crippen LogP contribution in [0.3, 0.4) is 0 Å². The number of rotatable bonds is 9. The molecule has 0 bridgehead atoms. The lowest BCUT2D eigenvalue weighted by Gasteiger charge is -2.31. The second kappa shape index (κ2) is 10.9. The first kappa shape index (κ1) is 21.2. The molecule has 0 aliphatic carbocycles. The monoisotopic (exact) mass is 356 g/mol. The zero-order valence-corrected chi connectivity index (χ0v) is 16.1. The van der Waals surface area contributed by atoms with Crippen molar-refractivity contribution in [2.24, 2.45) is 5.92 Å². The molecule has 0 aliphatic heterocycles. The first-order valence-electron chi connectivity index (χ1n) is 8.90. The highest BCUT2D eigenvalue weighted by molar-refractivity contribution is 5.85. The Morgan fingerprint density at radius 2 is 1.56 bits per heavy atom. The van der Waals surface area contributed by atoms with E-state index < -0.39 is 0 Å². The molecule has 0 saturated carbocycles. The maximum absolute atomic E-state index is 9.88. The van der Waals surface area contributed by atoms with E-state index >= 15 is 0 Å². The van der Waals surface area contributed by atoms with Crippen LogP contribution in [0.4, 0.5) is 0 Å². The van der Waals surface area contributed by atoms with Gasteiger partial charge < -0.3 is 5.32 Å². The molecule has 0 radical (unpaired) electrons. The number of hydrogen-bond donors (Lipinski definition) is 1. The molecule has 0 saturated heterocycles. The predicted molar refractivity (Wildman–Crippen MR) is 108 cm³/mol. The van der Waals surface area contributed by atoms with Crippen LogP contribution in [0.5, 0.6) is 0 Å². The van der Waals surface area contributed by atoms with Gasteiger partial charge >= 0.3 is 0 Å². The Hall–Kier alpha value is -1.82. The van der Waals surface area contributed by atoms with E-state index in [0.29, 0.717) is 5.92 Å². The van der Waals surface area contributed by atoms with Crippen LogP contribution in [0.25, 0.3) is 0 Å². The van der Waals surface area contributed by atoms with Gasteiger partial charge in [0, 0.05) is 0 Å². The Kier molecular flexibility index (Phi) is 9.27. The summed E-state index contributed by atoms with van der Waals surface area (Å²) in [6.45, 7) is 6.24. The van der Waals surface area contributed by atoms with E-state index in [1.807, 2.05) is 24.3 Å². The second-order valence-electron chi connectivity index (χ2n) is 6.69. The van der Waals surface area contributed by atoms with Crippen LogP contribution in [-0.2, 0) is 11.8 Å². The van der Waals surface area contributed by atoms with Crippen molar-refractivity contribution in [3.63, 3.8) is 0 Å². The average Bonchev–Trinajstić information content (AvgIpc) is 2.63. The fourth-order valence-electron chi connectivity index (χ4n) is 3.25. The molecule has 2 aromatic rings. The first-order valence-corrected chi connectivity index (χ1v) is 8.90. The molecule has 3 heteroatoms. The second-order valence-corrected chi connectivity index (χ2v) is 6.69. The molecular weight excluding hydrogens is 328 g/mol. The van der Waals surface area contributed by atoms with Crippen molar-refractivity contribution in [1.29, 1.82) is 5.26 Å². The minimum Gasteiger partial charge on any atom is -0.316 e. The summed E-state index contributed by atoms with van der Waals surface area (Å²) < 4.78 is 0. The van der Waals surface area contributed by atoms with Crippen LogP contribution >= 0.6 is 12.4 Å². The summed E-state index contributed by atoms with van der Waals surface area (Å²) in [5.74, 6) is 0.300. The Labute approximate surface area is 158 Å². The van der Waals surface area contributed by atoms with Gasteiger partial charge in [0.15, 0.2) is 0 Å². The summed E-state index contributed by atoms with van der Waals surface area (Å²) in [6, 6.07) is 23.4. The van der Waals surface area contributed by atoms with Crippen molar-refractivity contribution in [3.05, 3.63) is 71.8 Å².